The van der Waals surface area contributed by atoms with Gasteiger partial charge in [0.25, 0.3) is 6.21 Å². The minimum absolute atomic E-state index is 0.262. The number of rotatable bonds is 4. The van der Waals surface area contributed by atoms with E-state index in [9.17, 15) is 9.59 Å². The predicted octanol–water partition coefficient (Wildman–Crippen LogP) is -0.653. The third-order valence-electron chi connectivity index (χ3n) is 1.21. The molecular weight excluding hydrogens is 162 g/mol. The summed E-state index contributed by atoms with van der Waals surface area (Å²) in [5.41, 5.74) is 0. The molecule has 1 amide bonds. The number of amides is 1. The first kappa shape index (κ1) is 10.8. The second-order valence-corrected chi connectivity index (χ2v) is 2.17. The molecule has 0 saturated heterocycles. The lowest BCUT2D eigenvalue weighted by Crippen LogP contribution is -2.25. The highest BCUT2D eigenvalue weighted by molar-refractivity contribution is 6.20. The smallest absolute Gasteiger partial charge is 0.393 e. The maximum absolute atomic E-state index is 10.8. The summed E-state index contributed by atoms with van der Waals surface area (Å²) in [6.45, 7) is 1.89. The molecule has 0 aromatic carbocycles. The van der Waals surface area contributed by atoms with Crippen LogP contribution < -0.4 is 0 Å². The Morgan fingerprint density at radius 2 is 2.17 bits per heavy atom. The second-order valence-electron chi connectivity index (χ2n) is 2.17. The standard InChI is InChI=1S/C7H11NO4/c1-6(9)8(3-4-12-2)5-7(10)11/h5H,3-4H2,1-2H3/p+1. The summed E-state index contributed by atoms with van der Waals surface area (Å²) in [5, 5.41) is 8.34. The second kappa shape index (κ2) is 5.42. The first-order valence-electron chi connectivity index (χ1n) is 3.42. The van der Waals surface area contributed by atoms with Crippen molar-refractivity contribution in [1.82, 2.24) is 0 Å². The largest absolute Gasteiger partial charge is 0.474 e. The maximum Gasteiger partial charge on any atom is 0.393 e. The van der Waals surface area contributed by atoms with Gasteiger partial charge in [0.05, 0.1) is 6.92 Å². The van der Waals surface area contributed by atoms with Gasteiger partial charge in [-0.25, -0.2) is 9.59 Å². The number of methoxy groups -OCH3 is 1. The summed E-state index contributed by atoms with van der Waals surface area (Å²) in [6, 6.07) is 0. The molecule has 0 aliphatic carbocycles. The Morgan fingerprint density at radius 3 is 2.50 bits per heavy atom. The summed E-state index contributed by atoms with van der Waals surface area (Å²) in [5.74, 6) is -1.45. The average molecular weight is 174 g/mol. The molecule has 0 fully saturated rings. The third kappa shape index (κ3) is 4.56. The van der Waals surface area contributed by atoms with Crippen molar-refractivity contribution >= 4 is 18.1 Å². The molecule has 0 atom stereocenters. The molecule has 0 spiro atoms. The molecule has 0 aliphatic rings. The molecule has 0 aliphatic heterocycles. The molecule has 0 rings (SSSR count). The quantitative estimate of drug-likeness (QED) is 0.454. The van der Waals surface area contributed by atoms with E-state index in [2.05, 4.69) is 0 Å². The molecule has 5 heteroatoms. The fourth-order valence-electron chi connectivity index (χ4n) is 0.636. The van der Waals surface area contributed by atoms with Gasteiger partial charge in [0, 0.05) is 7.11 Å². The molecule has 5 nitrogen and oxygen atoms in total. The van der Waals surface area contributed by atoms with E-state index in [0.29, 0.717) is 6.61 Å². The van der Waals surface area contributed by atoms with Crippen LogP contribution >= 0.6 is 0 Å². The van der Waals surface area contributed by atoms with Crippen LogP contribution in [-0.2, 0) is 14.3 Å². The van der Waals surface area contributed by atoms with Crippen LogP contribution in [0.2, 0.25) is 0 Å². The zero-order chi connectivity index (χ0) is 9.56. The van der Waals surface area contributed by atoms with E-state index in [0.717, 1.165) is 10.8 Å². The van der Waals surface area contributed by atoms with Gasteiger partial charge in [-0.15, -0.1) is 0 Å². The van der Waals surface area contributed by atoms with Gasteiger partial charge in [-0.3, -0.25) is 0 Å². The van der Waals surface area contributed by atoms with E-state index in [4.69, 9.17) is 9.84 Å². The van der Waals surface area contributed by atoms with Crippen LogP contribution in [0.3, 0.4) is 0 Å². The van der Waals surface area contributed by atoms with Crippen molar-refractivity contribution in [1.29, 1.82) is 0 Å². The minimum Gasteiger partial charge on any atom is -0.474 e. The number of carboxylic acids is 1. The van der Waals surface area contributed by atoms with Crippen LogP contribution in [-0.4, -0.2) is 48.0 Å². The van der Waals surface area contributed by atoms with E-state index in [-0.39, 0.29) is 12.5 Å². The topological polar surface area (TPSA) is 66.6 Å². The summed E-state index contributed by atoms with van der Waals surface area (Å²) < 4.78 is 5.79. The molecule has 0 unspecified atom stereocenters. The number of ether oxygens (including phenoxy) is 1. The molecule has 0 aromatic rings. The molecular formula is C7H12NO4+. The van der Waals surface area contributed by atoms with Gasteiger partial charge in [-0.2, -0.15) is 4.58 Å². The number of carbonyl (C=O) groups excluding carboxylic acids is 1. The van der Waals surface area contributed by atoms with Crippen molar-refractivity contribution in [3.05, 3.63) is 0 Å². The summed E-state index contributed by atoms with van der Waals surface area (Å²) >= 11 is 0. The van der Waals surface area contributed by atoms with Gasteiger partial charge >= 0.3 is 11.9 Å². The third-order valence-corrected chi connectivity index (χ3v) is 1.21. The number of hydrogen-bond acceptors (Lipinski definition) is 3. The highest BCUT2D eigenvalue weighted by atomic mass is 16.5. The number of carboxylic acid groups (broad SMARTS) is 1. The van der Waals surface area contributed by atoms with Crippen molar-refractivity contribution in [3.63, 3.8) is 0 Å². The number of carbonyl (C=O) groups is 2. The van der Waals surface area contributed by atoms with Crippen molar-refractivity contribution < 1.29 is 24.0 Å². The van der Waals surface area contributed by atoms with E-state index >= 15 is 0 Å². The highest BCUT2D eigenvalue weighted by Crippen LogP contribution is 1.78. The van der Waals surface area contributed by atoms with Crippen LogP contribution in [0.5, 0.6) is 0 Å². The number of aliphatic carboxylic acids is 1. The Morgan fingerprint density at radius 1 is 1.58 bits per heavy atom. The lowest BCUT2D eigenvalue weighted by molar-refractivity contribution is -0.446. The maximum atomic E-state index is 10.8. The van der Waals surface area contributed by atoms with Crippen molar-refractivity contribution in [3.8, 4) is 0 Å². The normalized spacial score (nSPS) is 11.3. The average Bonchev–Trinajstić information content (AvgIpc) is 1.96. The molecule has 0 saturated carbocycles. The molecule has 12 heavy (non-hydrogen) atoms. The van der Waals surface area contributed by atoms with Gasteiger partial charge in [-0.05, 0) is 0 Å². The summed E-state index contributed by atoms with van der Waals surface area (Å²) in [4.78, 5) is 20.9. The van der Waals surface area contributed by atoms with Gasteiger partial charge < -0.3 is 9.84 Å². The van der Waals surface area contributed by atoms with Crippen LogP contribution in [0, 0.1) is 0 Å². The van der Waals surface area contributed by atoms with Gasteiger partial charge in [0.15, 0.2) is 6.54 Å². The lowest BCUT2D eigenvalue weighted by Gasteiger charge is -1.95. The number of hydrogen-bond donors (Lipinski definition) is 1. The first-order chi connectivity index (χ1) is 5.57. The van der Waals surface area contributed by atoms with E-state index in [1.54, 1.807) is 0 Å². The van der Waals surface area contributed by atoms with Crippen molar-refractivity contribution in [2.45, 2.75) is 6.92 Å². The van der Waals surface area contributed by atoms with Crippen LogP contribution in [0.25, 0.3) is 0 Å². The predicted molar refractivity (Wildman–Crippen MR) is 41.4 cm³/mol. The van der Waals surface area contributed by atoms with E-state index < -0.39 is 5.97 Å². The van der Waals surface area contributed by atoms with Crippen LogP contribution in [0.15, 0.2) is 0 Å². The fraction of sp³-hybridized carbons (Fsp3) is 0.571. The van der Waals surface area contributed by atoms with E-state index in [1.165, 1.54) is 14.0 Å². The Labute approximate surface area is 70.3 Å². The van der Waals surface area contributed by atoms with E-state index in [1.807, 2.05) is 0 Å². The monoisotopic (exact) mass is 174 g/mol. The number of nitrogens with zero attached hydrogens (tertiary/aromatic N) is 1. The van der Waals surface area contributed by atoms with Crippen LogP contribution in [0.4, 0.5) is 0 Å². The zero-order valence-corrected chi connectivity index (χ0v) is 7.11. The SMILES string of the molecule is COCC[N+](=CC(=O)O)C(C)=O. The van der Waals surface area contributed by atoms with Crippen LogP contribution in [0.1, 0.15) is 6.92 Å². The van der Waals surface area contributed by atoms with Gasteiger partial charge in [-0.1, -0.05) is 0 Å². The zero-order valence-electron chi connectivity index (χ0n) is 7.11. The molecule has 0 radical (unpaired) electrons. The Bertz CT molecular complexity index is 209. The molecule has 0 bridgehead atoms. The van der Waals surface area contributed by atoms with Crippen molar-refractivity contribution in [2.75, 3.05) is 20.3 Å². The van der Waals surface area contributed by atoms with Gasteiger partial charge in [0.1, 0.15) is 6.61 Å². The summed E-state index contributed by atoms with van der Waals surface area (Å²) in [7, 11) is 1.49. The molecule has 0 aromatic heterocycles. The summed E-state index contributed by atoms with van der Waals surface area (Å²) in [6.07, 6.45) is 0.835. The lowest BCUT2D eigenvalue weighted by atomic mass is 10.5. The molecule has 1 N–H and O–H groups in total. The Balaban J connectivity index is 4.23. The highest BCUT2D eigenvalue weighted by Gasteiger charge is 2.12. The first-order valence-corrected chi connectivity index (χ1v) is 3.42. The molecule has 68 valence electrons. The Kier molecular flexibility index (Phi) is 4.87. The Hall–Kier alpha value is -1.23. The van der Waals surface area contributed by atoms with Gasteiger partial charge in [0.2, 0.25) is 0 Å². The van der Waals surface area contributed by atoms with Crippen molar-refractivity contribution in [2.24, 2.45) is 0 Å². The fourth-order valence-corrected chi connectivity index (χ4v) is 0.636. The minimum atomic E-state index is -1.14. The molecule has 0 heterocycles.